The van der Waals surface area contributed by atoms with E-state index in [0.29, 0.717) is 12.5 Å². The lowest BCUT2D eigenvalue weighted by Gasteiger charge is -2.12. The summed E-state index contributed by atoms with van der Waals surface area (Å²) in [5, 5.41) is 2.84. The third-order valence-corrected chi connectivity index (χ3v) is 2.26. The van der Waals surface area contributed by atoms with Gasteiger partial charge in [-0.1, -0.05) is 13.8 Å². The van der Waals surface area contributed by atoms with Crippen molar-refractivity contribution < 1.29 is 4.79 Å². The Labute approximate surface area is 73.7 Å². The fraction of sp³-hybridized carbons (Fsp3) is 0.889. The number of carbonyl (C=O) groups is 1. The molecule has 1 fully saturated rings. The van der Waals surface area contributed by atoms with E-state index in [1.54, 1.807) is 0 Å². The van der Waals surface area contributed by atoms with Crippen molar-refractivity contribution >= 4 is 5.91 Å². The Bertz CT molecular complexity index is 164. The van der Waals surface area contributed by atoms with Crippen molar-refractivity contribution in [2.75, 3.05) is 6.54 Å². The van der Waals surface area contributed by atoms with Gasteiger partial charge in [0.2, 0.25) is 5.91 Å². The fourth-order valence-corrected chi connectivity index (χ4v) is 1.11. The summed E-state index contributed by atoms with van der Waals surface area (Å²) in [5.74, 6) is 0.833. The summed E-state index contributed by atoms with van der Waals surface area (Å²) in [6.45, 7) is 4.41. The molecule has 1 atom stereocenters. The number of carbonyl (C=O) groups excluding carboxylic acids is 1. The number of rotatable bonds is 4. The average Bonchev–Trinajstić information content (AvgIpc) is 2.81. The van der Waals surface area contributed by atoms with Crippen LogP contribution in [0.3, 0.4) is 0 Å². The highest BCUT2D eigenvalue weighted by Gasteiger charge is 2.28. The van der Waals surface area contributed by atoms with Crippen LogP contribution in [0.25, 0.3) is 0 Å². The van der Waals surface area contributed by atoms with E-state index in [1.165, 1.54) is 12.8 Å². The molecule has 0 aliphatic heterocycles. The zero-order chi connectivity index (χ0) is 9.14. The molecule has 1 amide bonds. The Kier molecular flexibility index (Phi) is 3.09. The molecule has 12 heavy (non-hydrogen) atoms. The Hall–Kier alpha value is -0.570. The van der Waals surface area contributed by atoms with Crippen LogP contribution in [0.15, 0.2) is 0 Å². The van der Waals surface area contributed by atoms with Gasteiger partial charge in [0, 0.05) is 18.5 Å². The normalized spacial score (nSPS) is 19.3. The van der Waals surface area contributed by atoms with Gasteiger partial charge in [0.1, 0.15) is 0 Å². The number of nitrogens with one attached hydrogen (secondary N) is 1. The zero-order valence-corrected chi connectivity index (χ0v) is 7.84. The molecule has 1 rings (SSSR count). The first-order valence-electron chi connectivity index (χ1n) is 4.64. The Morgan fingerprint density at radius 3 is 2.58 bits per heavy atom. The molecule has 3 nitrogen and oxygen atoms in total. The van der Waals surface area contributed by atoms with Crippen molar-refractivity contribution in [1.82, 2.24) is 5.32 Å². The third-order valence-electron chi connectivity index (χ3n) is 2.26. The molecule has 0 aromatic heterocycles. The second-order valence-electron chi connectivity index (χ2n) is 3.90. The van der Waals surface area contributed by atoms with Crippen LogP contribution in [0.4, 0.5) is 0 Å². The van der Waals surface area contributed by atoms with Crippen LogP contribution in [0, 0.1) is 11.8 Å². The van der Waals surface area contributed by atoms with Crippen molar-refractivity contribution in [2.45, 2.75) is 32.7 Å². The summed E-state index contributed by atoms with van der Waals surface area (Å²) in [6, 6.07) is 0.174. The smallest absolute Gasteiger partial charge is 0.222 e. The maximum atomic E-state index is 11.1. The van der Waals surface area contributed by atoms with Gasteiger partial charge in [-0.2, -0.15) is 0 Å². The molecule has 0 aromatic carbocycles. The first-order valence-corrected chi connectivity index (χ1v) is 4.64. The van der Waals surface area contributed by atoms with Crippen LogP contribution in [0.2, 0.25) is 0 Å². The minimum Gasteiger partial charge on any atom is -0.354 e. The van der Waals surface area contributed by atoms with Crippen molar-refractivity contribution in [3.8, 4) is 0 Å². The maximum Gasteiger partial charge on any atom is 0.222 e. The predicted octanol–water partition coefficient (Wildman–Crippen LogP) is 0.496. The number of amides is 1. The minimum atomic E-state index is 0.0661. The maximum absolute atomic E-state index is 11.1. The molecule has 1 unspecified atom stereocenters. The van der Waals surface area contributed by atoms with Gasteiger partial charge in [0.25, 0.3) is 0 Å². The molecule has 70 valence electrons. The van der Waals surface area contributed by atoms with Crippen LogP contribution in [-0.2, 0) is 4.79 Å². The van der Waals surface area contributed by atoms with Crippen molar-refractivity contribution in [3.63, 3.8) is 0 Å². The average molecular weight is 170 g/mol. The van der Waals surface area contributed by atoms with Gasteiger partial charge in [-0.3, -0.25) is 4.79 Å². The molecule has 0 heterocycles. The Morgan fingerprint density at radius 1 is 1.58 bits per heavy atom. The van der Waals surface area contributed by atoms with Gasteiger partial charge in [0.05, 0.1) is 0 Å². The number of hydrogen-bond acceptors (Lipinski definition) is 2. The Balaban J connectivity index is 2.11. The molecule has 0 bridgehead atoms. The highest BCUT2D eigenvalue weighted by molar-refractivity contribution is 5.77. The fourth-order valence-electron chi connectivity index (χ4n) is 1.11. The van der Waals surface area contributed by atoms with Gasteiger partial charge in [-0.15, -0.1) is 0 Å². The monoisotopic (exact) mass is 170 g/mol. The highest BCUT2D eigenvalue weighted by atomic mass is 16.1. The van der Waals surface area contributed by atoms with Crippen LogP contribution < -0.4 is 11.1 Å². The van der Waals surface area contributed by atoms with E-state index in [-0.39, 0.29) is 17.9 Å². The molecular formula is C9H18N2O. The van der Waals surface area contributed by atoms with E-state index in [4.69, 9.17) is 5.73 Å². The summed E-state index contributed by atoms with van der Waals surface area (Å²) < 4.78 is 0. The molecule has 3 N–H and O–H groups in total. The molecule has 0 radical (unpaired) electrons. The van der Waals surface area contributed by atoms with E-state index in [1.807, 2.05) is 13.8 Å². The first-order chi connectivity index (χ1) is 5.61. The topological polar surface area (TPSA) is 55.1 Å². The highest BCUT2D eigenvalue weighted by Crippen LogP contribution is 2.31. The lowest BCUT2D eigenvalue weighted by molar-refractivity contribution is -0.124. The number of hydrogen-bond donors (Lipinski definition) is 2. The summed E-state index contributed by atoms with van der Waals surface area (Å²) in [4.78, 5) is 11.1. The van der Waals surface area contributed by atoms with Gasteiger partial charge in [-0.25, -0.2) is 0 Å². The summed E-state index contributed by atoms with van der Waals surface area (Å²) >= 11 is 0. The van der Waals surface area contributed by atoms with Crippen molar-refractivity contribution in [2.24, 2.45) is 17.6 Å². The van der Waals surface area contributed by atoms with Gasteiger partial charge >= 0.3 is 0 Å². The molecule has 1 saturated carbocycles. The van der Waals surface area contributed by atoms with E-state index < -0.39 is 0 Å². The Morgan fingerprint density at radius 2 is 2.17 bits per heavy atom. The molecule has 1 aliphatic rings. The first kappa shape index (κ1) is 9.52. The molecule has 1 aliphatic carbocycles. The molecule has 0 aromatic rings. The predicted molar refractivity (Wildman–Crippen MR) is 48.5 cm³/mol. The van der Waals surface area contributed by atoms with Crippen LogP contribution in [-0.4, -0.2) is 18.5 Å². The quantitative estimate of drug-likeness (QED) is 0.645. The third kappa shape index (κ3) is 2.81. The van der Waals surface area contributed by atoms with E-state index in [9.17, 15) is 4.79 Å². The zero-order valence-electron chi connectivity index (χ0n) is 7.84. The summed E-state index contributed by atoms with van der Waals surface area (Å²) in [5.41, 5.74) is 5.81. The molecule has 0 saturated heterocycles. The van der Waals surface area contributed by atoms with Crippen LogP contribution in [0.1, 0.15) is 26.7 Å². The van der Waals surface area contributed by atoms with Gasteiger partial charge in [0.15, 0.2) is 0 Å². The van der Waals surface area contributed by atoms with Crippen molar-refractivity contribution in [1.29, 1.82) is 0 Å². The lowest BCUT2D eigenvalue weighted by Crippen LogP contribution is -2.40. The second kappa shape index (κ2) is 3.90. The lowest BCUT2D eigenvalue weighted by atomic mass is 10.1. The van der Waals surface area contributed by atoms with Crippen LogP contribution >= 0.6 is 0 Å². The number of nitrogens with two attached hydrogens (primary N) is 1. The van der Waals surface area contributed by atoms with Gasteiger partial charge < -0.3 is 11.1 Å². The van der Waals surface area contributed by atoms with E-state index in [2.05, 4.69) is 5.32 Å². The van der Waals surface area contributed by atoms with E-state index in [0.717, 1.165) is 0 Å². The SMILES string of the molecule is CC(C)C(=O)NCC(N)C1CC1. The van der Waals surface area contributed by atoms with Crippen molar-refractivity contribution in [3.05, 3.63) is 0 Å². The minimum absolute atomic E-state index is 0.0661. The standard InChI is InChI=1S/C9H18N2O/c1-6(2)9(12)11-5-8(10)7-3-4-7/h6-8H,3-5,10H2,1-2H3,(H,11,12). The van der Waals surface area contributed by atoms with Crippen LogP contribution in [0.5, 0.6) is 0 Å². The molecule has 0 spiro atoms. The van der Waals surface area contributed by atoms with E-state index >= 15 is 0 Å². The molecule has 3 heteroatoms. The largest absolute Gasteiger partial charge is 0.354 e. The molecular weight excluding hydrogens is 152 g/mol. The summed E-state index contributed by atoms with van der Waals surface area (Å²) in [7, 11) is 0. The summed E-state index contributed by atoms with van der Waals surface area (Å²) in [6.07, 6.45) is 2.47. The van der Waals surface area contributed by atoms with Gasteiger partial charge in [-0.05, 0) is 18.8 Å². The second-order valence-corrected chi connectivity index (χ2v) is 3.90.